The minimum Gasteiger partial charge on any atom is -0.497 e. The fourth-order valence-corrected chi connectivity index (χ4v) is 5.83. The lowest BCUT2D eigenvalue weighted by atomic mass is 10.1. The number of hydrogen-bond donors (Lipinski definition) is 0. The Morgan fingerprint density at radius 1 is 0.914 bits per heavy atom. The Balaban J connectivity index is 1.53. The number of sulfonamides is 1. The Morgan fingerprint density at radius 2 is 1.57 bits per heavy atom. The van der Waals surface area contributed by atoms with E-state index in [1.165, 1.54) is 4.31 Å². The summed E-state index contributed by atoms with van der Waals surface area (Å²) < 4.78 is 33.7. The number of amides is 1. The standard InChI is InChI=1S/C27H31N3O4S/c1-21-9-14-26(22(2)19-21)30(35(32,33)25-7-5-4-6-8-25)20-27(31)29-17-15-28(16-18-29)23-10-12-24(34-3)13-11-23/h4-14,19H,15-18,20H2,1-3H3. The lowest BCUT2D eigenvalue weighted by Crippen LogP contribution is -2.52. The first kappa shape index (κ1) is 24.6. The van der Waals surface area contributed by atoms with Crippen LogP contribution in [0.25, 0.3) is 0 Å². The molecule has 0 unspecified atom stereocenters. The van der Waals surface area contributed by atoms with Crippen LogP contribution in [0.1, 0.15) is 11.1 Å². The smallest absolute Gasteiger partial charge is 0.264 e. The second-order valence-corrected chi connectivity index (χ2v) is 10.5. The average Bonchev–Trinajstić information content (AvgIpc) is 2.88. The Hall–Kier alpha value is -3.52. The molecule has 0 aromatic heterocycles. The number of carbonyl (C=O) groups is 1. The molecule has 8 heteroatoms. The highest BCUT2D eigenvalue weighted by Gasteiger charge is 2.31. The van der Waals surface area contributed by atoms with Gasteiger partial charge in [-0.3, -0.25) is 9.10 Å². The number of anilines is 2. The highest BCUT2D eigenvalue weighted by atomic mass is 32.2. The summed E-state index contributed by atoms with van der Waals surface area (Å²) in [6.07, 6.45) is 0. The predicted octanol–water partition coefficient (Wildman–Crippen LogP) is 3.86. The summed E-state index contributed by atoms with van der Waals surface area (Å²) >= 11 is 0. The molecule has 0 saturated carbocycles. The molecule has 184 valence electrons. The molecule has 1 saturated heterocycles. The Kier molecular flexibility index (Phi) is 7.31. The van der Waals surface area contributed by atoms with Gasteiger partial charge in [0.05, 0.1) is 17.7 Å². The molecular weight excluding hydrogens is 462 g/mol. The van der Waals surface area contributed by atoms with Crippen molar-refractivity contribution in [1.29, 1.82) is 0 Å². The zero-order chi connectivity index (χ0) is 25.0. The summed E-state index contributed by atoms with van der Waals surface area (Å²) in [6, 6.07) is 21.7. The SMILES string of the molecule is COc1ccc(N2CCN(C(=O)CN(c3ccc(C)cc3C)S(=O)(=O)c3ccccc3)CC2)cc1. The maximum Gasteiger partial charge on any atom is 0.264 e. The lowest BCUT2D eigenvalue weighted by molar-refractivity contribution is -0.129. The van der Waals surface area contributed by atoms with Gasteiger partial charge in [0.15, 0.2) is 0 Å². The summed E-state index contributed by atoms with van der Waals surface area (Å²) in [5.74, 6) is 0.590. The van der Waals surface area contributed by atoms with Crippen LogP contribution in [0.2, 0.25) is 0 Å². The molecule has 7 nitrogen and oxygen atoms in total. The van der Waals surface area contributed by atoms with Gasteiger partial charge in [-0.1, -0.05) is 35.9 Å². The van der Waals surface area contributed by atoms with Gasteiger partial charge in [0.25, 0.3) is 10.0 Å². The van der Waals surface area contributed by atoms with Crippen LogP contribution in [-0.2, 0) is 14.8 Å². The van der Waals surface area contributed by atoms with Crippen molar-refractivity contribution >= 4 is 27.3 Å². The number of methoxy groups -OCH3 is 1. The van der Waals surface area contributed by atoms with Gasteiger partial charge in [-0.05, 0) is 61.9 Å². The minimum atomic E-state index is -3.92. The number of aryl methyl sites for hydroxylation is 2. The molecular formula is C27H31N3O4S. The zero-order valence-corrected chi connectivity index (χ0v) is 21.2. The first-order valence-electron chi connectivity index (χ1n) is 11.6. The van der Waals surface area contributed by atoms with Crippen LogP contribution in [-0.4, -0.2) is 59.1 Å². The third-order valence-electron chi connectivity index (χ3n) is 6.30. The van der Waals surface area contributed by atoms with E-state index in [9.17, 15) is 13.2 Å². The quantitative estimate of drug-likeness (QED) is 0.500. The maximum atomic E-state index is 13.6. The van der Waals surface area contributed by atoms with E-state index in [2.05, 4.69) is 4.90 Å². The largest absolute Gasteiger partial charge is 0.497 e. The number of ether oxygens (including phenoxy) is 1. The molecule has 0 bridgehead atoms. The molecule has 1 heterocycles. The van der Waals surface area contributed by atoms with E-state index < -0.39 is 10.0 Å². The van der Waals surface area contributed by atoms with Gasteiger partial charge in [-0.2, -0.15) is 0 Å². The number of hydrogen-bond acceptors (Lipinski definition) is 5. The molecule has 35 heavy (non-hydrogen) atoms. The molecule has 0 aliphatic carbocycles. The number of piperazine rings is 1. The molecule has 3 aromatic carbocycles. The Bertz CT molecular complexity index is 1270. The summed E-state index contributed by atoms with van der Waals surface area (Å²) in [6.45, 7) is 5.98. The molecule has 0 radical (unpaired) electrons. The van der Waals surface area contributed by atoms with E-state index in [1.807, 2.05) is 50.2 Å². The molecule has 0 spiro atoms. The third-order valence-corrected chi connectivity index (χ3v) is 8.07. The van der Waals surface area contributed by atoms with Crippen LogP contribution in [0.3, 0.4) is 0 Å². The van der Waals surface area contributed by atoms with Gasteiger partial charge in [0.2, 0.25) is 5.91 Å². The van der Waals surface area contributed by atoms with Crippen molar-refractivity contribution in [2.45, 2.75) is 18.7 Å². The average molecular weight is 494 g/mol. The van der Waals surface area contributed by atoms with E-state index in [0.29, 0.717) is 31.9 Å². The van der Waals surface area contributed by atoms with Crippen LogP contribution in [0.5, 0.6) is 5.75 Å². The van der Waals surface area contributed by atoms with E-state index in [4.69, 9.17) is 4.74 Å². The first-order valence-corrected chi connectivity index (χ1v) is 13.1. The van der Waals surface area contributed by atoms with E-state index in [-0.39, 0.29) is 17.3 Å². The van der Waals surface area contributed by atoms with E-state index in [1.54, 1.807) is 48.4 Å². The second-order valence-electron chi connectivity index (χ2n) is 8.68. The second kappa shape index (κ2) is 10.4. The van der Waals surface area contributed by atoms with E-state index >= 15 is 0 Å². The predicted molar refractivity (Wildman–Crippen MR) is 139 cm³/mol. The van der Waals surface area contributed by atoms with Crippen LogP contribution in [0.15, 0.2) is 77.7 Å². The monoisotopic (exact) mass is 493 g/mol. The molecule has 1 aliphatic heterocycles. The van der Waals surface area contributed by atoms with Crippen LogP contribution < -0.4 is 13.9 Å². The van der Waals surface area contributed by atoms with Crippen molar-refractivity contribution in [3.8, 4) is 5.75 Å². The summed E-state index contributed by atoms with van der Waals surface area (Å²) in [5, 5.41) is 0. The van der Waals surface area contributed by atoms with Crippen LogP contribution >= 0.6 is 0 Å². The fraction of sp³-hybridized carbons (Fsp3) is 0.296. The third kappa shape index (κ3) is 5.43. The van der Waals surface area contributed by atoms with Gasteiger partial charge >= 0.3 is 0 Å². The van der Waals surface area contributed by atoms with Crippen LogP contribution in [0.4, 0.5) is 11.4 Å². The minimum absolute atomic E-state index is 0.164. The topological polar surface area (TPSA) is 70.2 Å². The number of benzene rings is 3. The molecule has 1 aliphatic rings. The zero-order valence-electron chi connectivity index (χ0n) is 20.3. The van der Waals surface area contributed by atoms with Crippen molar-refractivity contribution in [2.75, 3.05) is 49.0 Å². The van der Waals surface area contributed by atoms with Gasteiger partial charge < -0.3 is 14.5 Å². The molecule has 1 fully saturated rings. The van der Waals surface area contributed by atoms with Crippen molar-refractivity contribution in [3.63, 3.8) is 0 Å². The van der Waals surface area contributed by atoms with Crippen molar-refractivity contribution in [2.24, 2.45) is 0 Å². The lowest BCUT2D eigenvalue weighted by Gasteiger charge is -2.37. The van der Waals surface area contributed by atoms with E-state index in [0.717, 1.165) is 22.6 Å². The van der Waals surface area contributed by atoms with Gasteiger partial charge in [0, 0.05) is 31.9 Å². The highest BCUT2D eigenvalue weighted by Crippen LogP contribution is 2.28. The molecule has 4 rings (SSSR count). The molecule has 1 amide bonds. The summed E-state index contributed by atoms with van der Waals surface area (Å²) in [4.78, 5) is 17.5. The van der Waals surface area contributed by atoms with Gasteiger partial charge in [-0.15, -0.1) is 0 Å². The molecule has 0 N–H and O–H groups in total. The summed E-state index contributed by atoms with van der Waals surface area (Å²) in [5.41, 5.74) is 3.43. The molecule has 0 atom stereocenters. The van der Waals surface area contributed by atoms with Gasteiger partial charge in [-0.25, -0.2) is 8.42 Å². The normalized spacial score (nSPS) is 14.0. The first-order chi connectivity index (χ1) is 16.8. The fourth-order valence-electron chi connectivity index (χ4n) is 4.33. The number of nitrogens with zero attached hydrogens (tertiary/aromatic N) is 3. The highest BCUT2D eigenvalue weighted by molar-refractivity contribution is 7.92. The van der Waals surface area contributed by atoms with Crippen LogP contribution in [0, 0.1) is 13.8 Å². The Morgan fingerprint density at radius 3 is 2.17 bits per heavy atom. The summed E-state index contributed by atoms with van der Waals surface area (Å²) in [7, 11) is -2.28. The maximum absolute atomic E-state index is 13.6. The molecule has 3 aromatic rings. The van der Waals surface area contributed by atoms with Gasteiger partial charge in [0.1, 0.15) is 12.3 Å². The number of carbonyl (C=O) groups excluding carboxylic acids is 1. The Labute approximate surface area is 207 Å². The van der Waals surface area contributed by atoms with Crippen molar-refractivity contribution < 1.29 is 17.9 Å². The van der Waals surface area contributed by atoms with Crippen molar-refractivity contribution in [3.05, 3.63) is 83.9 Å². The number of rotatable bonds is 7. The van der Waals surface area contributed by atoms with Crippen molar-refractivity contribution in [1.82, 2.24) is 4.90 Å².